The number of carbonyl (C=O) groups excluding carboxylic acids is 2. The van der Waals surface area contributed by atoms with Crippen molar-refractivity contribution in [2.45, 2.75) is 13.2 Å². The SMILES string of the molecule is CS(=O)(=O)CCN(NC(=O)OCc1ccccc1)C(=O)OCc1ccccc1. The molecule has 0 atom stereocenters. The predicted octanol–water partition coefficient (Wildman–Crippen LogP) is 2.51. The Morgan fingerprint density at radius 3 is 1.89 bits per heavy atom. The molecular weight excluding hydrogens is 384 g/mol. The van der Waals surface area contributed by atoms with Gasteiger partial charge in [0.1, 0.15) is 23.1 Å². The molecule has 0 unspecified atom stereocenters. The topological polar surface area (TPSA) is 102 Å². The fourth-order valence-corrected chi connectivity index (χ4v) is 2.63. The summed E-state index contributed by atoms with van der Waals surface area (Å²) in [7, 11) is -3.35. The van der Waals surface area contributed by atoms with Crippen LogP contribution in [0.3, 0.4) is 0 Å². The average molecular weight is 406 g/mol. The summed E-state index contributed by atoms with van der Waals surface area (Å²) >= 11 is 0. The molecule has 2 aromatic carbocycles. The van der Waals surface area contributed by atoms with Crippen LogP contribution in [0.2, 0.25) is 0 Å². The first kappa shape index (κ1) is 21.2. The van der Waals surface area contributed by atoms with Crippen LogP contribution in [0.1, 0.15) is 11.1 Å². The van der Waals surface area contributed by atoms with Gasteiger partial charge in [-0.05, 0) is 11.1 Å². The average Bonchev–Trinajstić information content (AvgIpc) is 2.68. The maximum absolute atomic E-state index is 12.3. The molecule has 0 aromatic heterocycles. The molecular formula is C19H22N2O6S. The Bertz CT molecular complexity index is 872. The van der Waals surface area contributed by atoms with Crippen LogP contribution in [-0.2, 0) is 32.5 Å². The van der Waals surface area contributed by atoms with Crippen molar-refractivity contribution < 1.29 is 27.5 Å². The highest BCUT2D eigenvalue weighted by Gasteiger charge is 2.20. The van der Waals surface area contributed by atoms with Crippen molar-refractivity contribution in [3.63, 3.8) is 0 Å². The Balaban J connectivity index is 1.93. The second kappa shape index (κ2) is 10.3. The molecule has 0 bridgehead atoms. The molecule has 8 nitrogen and oxygen atoms in total. The van der Waals surface area contributed by atoms with Crippen LogP contribution in [0.5, 0.6) is 0 Å². The first-order valence-corrected chi connectivity index (χ1v) is 10.5. The van der Waals surface area contributed by atoms with Crippen LogP contribution >= 0.6 is 0 Å². The number of rotatable bonds is 7. The highest BCUT2D eigenvalue weighted by molar-refractivity contribution is 7.90. The second-order valence-electron chi connectivity index (χ2n) is 6.00. The zero-order valence-electron chi connectivity index (χ0n) is 15.4. The van der Waals surface area contributed by atoms with Crippen LogP contribution in [0, 0.1) is 0 Å². The molecule has 0 aliphatic carbocycles. The Labute approximate surface area is 163 Å². The van der Waals surface area contributed by atoms with Crippen molar-refractivity contribution >= 4 is 22.0 Å². The lowest BCUT2D eigenvalue weighted by molar-refractivity contribution is 0.0668. The monoisotopic (exact) mass is 406 g/mol. The standard InChI is InChI=1S/C19H22N2O6S/c1-28(24,25)13-12-21(19(23)27-15-17-10-6-3-7-11-17)20-18(22)26-14-16-8-4-2-5-9-16/h2-11H,12-15H2,1H3,(H,20,22). The number of sulfone groups is 1. The Kier molecular flexibility index (Phi) is 7.82. The fourth-order valence-electron chi connectivity index (χ4n) is 2.11. The minimum atomic E-state index is -3.35. The number of benzene rings is 2. The summed E-state index contributed by atoms with van der Waals surface area (Å²) in [5.74, 6) is -0.341. The van der Waals surface area contributed by atoms with Gasteiger partial charge in [-0.25, -0.2) is 28.4 Å². The fraction of sp³-hybridized carbons (Fsp3) is 0.263. The summed E-state index contributed by atoms with van der Waals surface area (Å²) in [4.78, 5) is 24.3. The third-order valence-corrected chi connectivity index (χ3v) is 4.47. The highest BCUT2D eigenvalue weighted by atomic mass is 32.2. The number of hydrogen-bond acceptors (Lipinski definition) is 6. The zero-order valence-corrected chi connectivity index (χ0v) is 16.2. The molecule has 2 amide bonds. The van der Waals surface area contributed by atoms with Gasteiger partial charge in [0, 0.05) is 6.26 Å². The minimum Gasteiger partial charge on any atom is -0.443 e. The lowest BCUT2D eigenvalue weighted by atomic mass is 10.2. The number of nitrogens with zero attached hydrogens (tertiary/aromatic N) is 1. The third kappa shape index (κ3) is 8.09. The van der Waals surface area contributed by atoms with Crippen molar-refractivity contribution in [2.24, 2.45) is 0 Å². The quantitative estimate of drug-likeness (QED) is 0.709. The Morgan fingerprint density at radius 2 is 1.39 bits per heavy atom. The molecule has 0 saturated carbocycles. The number of hydrogen-bond donors (Lipinski definition) is 1. The van der Waals surface area contributed by atoms with Gasteiger partial charge in [0.2, 0.25) is 0 Å². The van der Waals surface area contributed by atoms with E-state index in [0.29, 0.717) is 0 Å². The van der Waals surface area contributed by atoms with Gasteiger partial charge < -0.3 is 9.47 Å². The summed E-state index contributed by atoms with van der Waals surface area (Å²) in [6, 6.07) is 18.0. The van der Waals surface area contributed by atoms with Gasteiger partial charge >= 0.3 is 12.2 Å². The molecule has 0 saturated heterocycles. The maximum atomic E-state index is 12.3. The van der Waals surface area contributed by atoms with E-state index < -0.39 is 22.0 Å². The largest absolute Gasteiger partial charge is 0.443 e. The minimum absolute atomic E-state index is 0.00561. The van der Waals surface area contributed by atoms with E-state index in [9.17, 15) is 18.0 Å². The number of ether oxygens (including phenoxy) is 2. The number of hydrazine groups is 1. The molecule has 0 aliphatic heterocycles. The predicted molar refractivity (Wildman–Crippen MR) is 103 cm³/mol. The molecule has 2 rings (SSSR count). The first-order chi connectivity index (χ1) is 13.3. The van der Waals surface area contributed by atoms with Crippen molar-refractivity contribution in [3.8, 4) is 0 Å². The Morgan fingerprint density at radius 1 is 0.893 bits per heavy atom. The van der Waals surface area contributed by atoms with E-state index in [4.69, 9.17) is 9.47 Å². The molecule has 0 heterocycles. The van der Waals surface area contributed by atoms with Gasteiger partial charge in [0.25, 0.3) is 0 Å². The van der Waals surface area contributed by atoms with E-state index in [0.717, 1.165) is 22.4 Å². The first-order valence-electron chi connectivity index (χ1n) is 8.47. The van der Waals surface area contributed by atoms with Crippen LogP contribution in [0.15, 0.2) is 60.7 Å². The lowest BCUT2D eigenvalue weighted by Gasteiger charge is -2.22. The normalized spacial score (nSPS) is 10.8. The zero-order chi connectivity index (χ0) is 20.4. The van der Waals surface area contributed by atoms with Crippen molar-refractivity contribution in [3.05, 3.63) is 71.8 Å². The van der Waals surface area contributed by atoms with Crippen LogP contribution in [0.25, 0.3) is 0 Å². The van der Waals surface area contributed by atoms with Gasteiger partial charge in [-0.1, -0.05) is 60.7 Å². The molecule has 0 radical (unpaired) electrons. The van der Waals surface area contributed by atoms with E-state index in [1.807, 2.05) is 12.1 Å². The molecule has 150 valence electrons. The summed E-state index contributed by atoms with van der Waals surface area (Å²) in [5.41, 5.74) is 3.75. The number of carbonyl (C=O) groups is 2. The smallest absolute Gasteiger partial charge is 0.429 e. The van der Waals surface area contributed by atoms with Gasteiger partial charge in [-0.15, -0.1) is 0 Å². The highest BCUT2D eigenvalue weighted by Crippen LogP contribution is 2.04. The van der Waals surface area contributed by atoms with Crippen LogP contribution in [-0.4, -0.2) is 44.2 Å². The molecule has 0 spiro atoms. The summed E-state index contributed by atoms with van der Waals surface area (Å²) in [6.45, 7) is -0.283. The molecule has 1 N–H and O–H groups in total. The van der Waals surface area contributed by atoms with Gasteiger partial charge in [0.05, 0.1) is 12.3 Å². The van der Waals surface area contributed by atoms with E-state index >= 15 is 0 Å². The summed E-state index contributed by atoms with van der Waals surface area (Å²) in [6.07, 6.45) is -0.744. The second-order valence-corrected chi connectivity index (χ2v) is 8.25. The van der Waals surface area contributed by atoms with E-state index in [1.165, 1.54) is 0 Å². The van der Waals surface area contributed by atoms with Crippen LogP contribution < -0.4 is 5.43 Å². The molecule has 9 heteroatoms. The lowest BCUT2D eigenvalue weighted by Crippen LogP contribution is -2.48. The maximum Gasteiger partial charge on any atom is 0.429 e. The summed E-state index contributed by atoms with van der Waals surface area (Å²) < 4.78 is 33.0. The van der Waals surface area contributed by atoms with Crippen molar-refractivity contribution in [1.29, 1.82) is 0 Å². The molecule has 0 aliphatic rings. The molecule has 2 aromatic rings. The van der Waals surface area contributed by atoms with Gasteiger partial charge in [0.15, 0.2) is 0 Å². The van der Waals surface area contributed by atoms with E-state index in [2.05, 4.69) is 5.43 Å². The molecule has 28 heavy (non-hydrogen) atoms. The van der Waals surface area contributed by atoms with E-state index in [-0.39, 0.29) is 25.5 Å². The number of amides is 2. The van der Waals surface area contributed by atoms with E-state index in [1.54, 1.807) is 48.5 Å². The van der Waals surface area contributed by atoms with Crippen molar-refractivity contribution in [2.75, 3.05) is 18.6 Å². The van der Waals surface area contributed by atoms with Gasteiger partial charge in [-0.2, -0.15) is 0 Å². The molecule has 0 fully saturated rings. The third-order valence-electron chi connectivity index (χ3n) is 3.55. The van der Waals surface area contributed by atoms with Gasteiger partial charge in [-0.3, -0.25) is 0 Å². The van der Waals surface area contributed by atoms with Crippen molar-refractivity contribution in [1.82, 2.24) is 10.4 Å². The van der Waals surface area contributed by atoms with Crippen LogP contribution in [0.4, 0.5) is 9.59 Å². The number of nitrogens with one attached hydrogen (secondary N) is 1. The summed E-state index contributed by atoms with van der Waals surface area (Å²) in [5, 5.41) is 0.789. The Hall–Kier alpha value is -3.07.